The van der Waals surface area contributed by atoms with Crippen molar-refractivity contribution in [1.29, 1.82) is 5.26 Å². The van der Waals surface area contributed by atoms with E-state index >= 15 is 0 Å². The third kappa shape index (κ3) is 1.76. The molecule has 6 rings (SSSR count). The number of amides is 1. The molecule has 27 heavy (non-hydrogen) atoms. The second-order valence-electron chi connectivity index (χ2n) is 7.76. The number of nitrogens with zero attached hydrogens (tertiary/aromatic N) is 4. The number of hydrogen-bond acceptors (Lipinski definition) is 7. The highest BCUT2D eigenvalue weighted by Crippen LogP contribution is 2.52. The van der Waals surface area contributed by atoms with Gasteiger partial charge in [-0.3, -0.25) is 4.90 Å². The molecule has 5 atom stereocenters. The Bertz CT molecular complexity index is 984. The summed E-state index contributed by atoms with van der Waals surface area (Å²) in [6, 6.07) is 10.1. The first-order valence-corrected chi connectivity index (χ1v) is 9.12. The lowest BCUT2D eigenvalue weighted by molar-refractivity contribution is 0.0490. The molecular formula is C19H17N5O3. The first-order valence-electron chi connectivity index (χ1n) is 9.12. The molecule has 2 aromatic rings. The van der Waals surface area contributed by atoms with Crippen LogP contribution < -0.4 is 15.1 Å². The molecule has 1 amide bonds. The maximum absolute atomic E-state index is 12.6. The van der Waals surface area contributed by atoms with Gasteiger partial charge in [0.05, 0.1) is 12.0 Å². The van der Waals surface area contributed by atoms with Crippen molar-refractivity contribution in [2.24, 2.45) is 17.8 Å². The number of hydrogen-bond donors (Lipinski definition) is 1. The standard InChI is InChI=1S/C19H17N5O3/c1-10-19(16-9-26-22-17(16)21-19)27-18(25)24(10)12-4-2-11(3-5-12)23-7-14-13(6-20)15(14)8-23/h2-5,9-10,13-15H,7-8H2,1H3,(H,21,22)/t10?,13?,14-,15+,19-/m1/s1. The molecule has 2 unspecified atom stereocenters. The van der Waals surface area contributed by atoms with Crippen LogP contribution in [0.2, 0.25) is 0 Å². The predicted octanol–water partition coefficient (Wildman–Crippen LogP) is 2.50. The van der Waals surface area contributed by atoms with Gasteiger partial charge in [-0.2, -0.15) is 5.26 Å². The second kappa shape index (κ2) is 4.74. The predicted molar refractivity (Wildman–Crippen MR) is 95.0 cm³/mol. The molecule has 1 spiro atoms. The van der Waals surface area contributed by atoms with E-state index in [9.17, 15) is 4.79 Å². The smallest absolute Gasteiger partial charge is 0.416 e. The molecule has 2 saturated heterocycles. The van der Waals surface area contributed by atoms with E-state index in [1.54, 1.807) is 4.90 Å². The van der Waals surface area contributed by atoms with Gasteiger partial charge in [-0.05, 0) is 43.0 Å². The normalized spacial score (nSPS) is 35.2. The summed E-state index contributed by atoms with van der Waals surface area (Å²) in [4.78, 5) is 16.5. The van der Waals surface area contributed by atoms with Gasteiger partial charge in [-0.25, -0.2) is 4.79 Å². The highest BCUT2D eigenvalue weighted by atomic mass is 16.6. The molecule has 3 aliphatic heterocycles. The number of benzene rings is 1. The average Bonchev–Trinajstić information content (AvgIpc) is 2.97. The maximum Gasteiger partial charge on any atom is 0.417 e. The molecule has 1 aliphatic carbocycles. The topological polar surface area (TPSA) is 94.6 Å². The Hall–Kier alpha value is -3.21. The lowest BCUT2D eigenvalue weighted by atomic mass is 9.91. The number of nitrogens with one attached hydrogen (secondary N) is 1. The Morgan fingerprint density at radius 1 is 1.26 bits per heavy atom. The van der Waals surface area contributed by atoms with E-state index in [-0.39, 0.29) is 12.0 Å². The molecule has 0 radical (unpaired) electrons. The number of carbonyl (C=O) groups is 1. The Balaban J connectivity index is 1.23. The zero-order valence-electron chi connectivity index (χ0n) is 14.6. The van der Waals surface area contributed by atoms with E-state index < -0.39 is 11.8 Å². The van der Waals surface area contributed by atoms with E-state index in [0.717, 1.165) is 30.0 Å². The Labute approximate surface area is 155 Å². The minimum Gasteiger partial charge on any atom is -0.416 e. The van der Waals surface area contributed by atoms with Crippen molar-refractivity contribution in [3.63, 3.8) is 0 Å². The second-order valence-corrected chi connectivity index (χ2v) is 7.76. The summed E-state index contributed by atoms with van der Waals surface area (Å²) in [6.07, 6.45) is 1.13. The molecule has 8 heteroatoms. The van der Waals surface area contributed by atoms with Gasteiger partial charge in [-0.15, -0.1) is 0 Å². The van der Waals surface area contributed by atoms with Crippen molar-refractivity contribution in [3.8, 4) is 6.07 Å². The summed E-state index contributed by atoms with van der Waals surface area (Å²) < 4.78 is 10.6. The lowest BCUT2D eigenvalue weighted by Gasteiger charge is -2.39. The highest BCUT2D eigenvalue weighted by molar-refractivity contribution is 5.93. The van der Waals surface area contributed by atoms with Crippen LogP contribution in [0.1, 0.15) is 12.5 Å². The van der Waals surface area contributed by atoms with Gasteiger partial charge in [0.2, 0.25) is 5.72 Å². The van der Waals surface area contributed by atoms with Gasteiger partial charge < -0.3 is 19.5 Å². The third-order valence-corrected chi connectivity index (χ3v) is 6.53. The zero-order chi connectivity index (χ0) is 18.3. The highest BCUT2D eigenvalue weighted by Gasteiger charge is 2.61. The molecule has 1 aromatic heterocycles. The fourth-order valence-corrected chi connectivity index (χ4v) is 4.87. The van der Waals surface area contributed by atoms with Crippen molar-refractivity contribution in [2.45, 2.75) is 18.7 Å². The molecule has 4 heterocycles. The van der Waals surface area contributed by atoms with E-state index in [2.05, 4.69) is 21.4 Å². The summed E-state index contributed by atoms with van der Waals surface area (Å²) >= 11 is 0. The fourth-order valence-electron chi connectivity index (χ4n) is 4.87. The first-order chi connectivity index (χ1) is 13.1. The molecule has 8 nitrogen and oxygen atoms in total. The average molecular weight is 363 g/mol. The van der Waals surface area contributed by atoms with Crippen LogP contribution in [0.5, 0.6) is 0 Å². The van der Waals surface area contributed by atoms with Gasteiger partial charge in [-0.1, -0.05) is 5.16 Å². The van der Waals surface area contributed by atoms with Crippen molar-refractivity contribution in [3.05, 3.63) is 36.1 Å². The van der Waals surface area contributed by atoms with Crippen LogP contribution in [0.25, 0.3) is 0 Å². The van der Waals surface area contributed by atoms with Crippen LogP contribution in [-0.2, 0) is 10.5 Å². The largest absolute Gasteiger partial charge is 0.417 e. The van der Waals surface area contributed by atoms with Crippen LogP contribution in [0.15, 0.2) is 35.1 Å². The number of fused-ring (bicyclic) bond motifs is 3. The summed E-state index contributed by atoms with van der Waals surface area (Å²) in [7, 11) is 0. The van der Waals surface area contributed by atoms with Crippen LogP contribution >= 0.6 is 0 Å². The number of ether oxygens (including phenoxy) is 1. The summed E-state index contributed by atoms with van der Waals surface area (Å²) in [5.74, 6) is 1.90. The number of nitriles is 1. The van der Waals surface area contributed by atoms with Crippen LogP contribution in [-0.4, -0.2) is 30.4 Å². The van der Waals surface area contributed by atoms with Crippen molar-refractivity contribution in [1.82, 2.24) is 5.16 Å². The van der Waals surface area contributed by atoms with Gasteiger partial charge in [0.15, 0.2) is 5.82 Å². The summed E-state index contributed by atoms with van der Waals surface area (Å²) in [5.41, 5.74) is 1.79. The number of piperidine rings is 1. The lowest BCUT2D eigenvalue weighted by Crippen LogP contribution is -2.52. The maximum atomic E-state index is 12.6. The molecule has 4 aliphatic rings. The van der Waals surface area contributed by atoms with Crippen molar-refractivity contribution >= 4 is 23.3 Å². The monoisotopic (exact) mass is 363 g/mol. The van der Waals surface area contributed by atoms with Gasteiger partial charge in [0, 0.05) is 24.5 Å². The molecular weight excluding hydrogens is 346 g/mol. The number of anilines is 3. The van der Waals surface area contributed by atoms with Crippen LogP contribution in [0, 0.1) is 29.1 Å². The zero-order valence-corrected chi connectivity index (χ0v) is 14.6. The van der Waals surface area contributed by atoms with E-state index in [1.165, 1.54) is 6.26 Å². The Morgan fingerprint density at radius 3 is 2.63 bits per heavy atom. The molecule has 0 bridgehead atoms. The summed E-state index contributed by atoms with van der Waals surface area (Å²) in [5, 5.41) is 16.0. The number of carbonyl (C=O) groups excluding carboxylic acids is 1. The van der Waals surface area contributed by atoms with E-state index in [0.29, 0.717) is 17.7 Å². The van der Waals surface area contributed by atoms with E-state index in [4.69, 9.17) is 14.5 Å². The van der Waals surface area contributed by atoms with Gasteiger partial charge >= 0.3 is 6.09 Å². The SMILES string of the molecule is CC1N(c2ccc(N3C[C@@H]4C(C#N)[C@@H]4C3)cc2)C(=O)O[C@]12Nc1nocc12. The molecule has 1 aromatic carbocycles. The fraction of sp³-hybridized carbons (Fsp3) is 0.421. The van der Waals surface area contributed by atoms with Gasteiger partial charge in [0.25, 0.3) is 0 Å². The number of rotatable bonds is 2. The van der Waals surface area contributed by atoms with E-state index in [1.807, 2.05) is 31.2 Å². The van der Waals surface area contributed by atoms with Crippen molar-refractivity contribution < 1.29 is 14.1 Å². The number of aromatic nitrogens is 1. The quantitative estimate of drug-likeness (QED) is 0.876. The van der Waals surface area contributed by atoms with Crippen LogP contribution in [0.3, 0.4) is 0 Å². The first kappa shape index (κ1) is 14.9. The van der Waals surface area contributed by atoms with Crippen LogP contribution in [0.4, 0.5) is 22.0 Å². The Morgan fingerprint density at radius 2 is 1.96 bits per heavy atom. The summed E-state index contributed by atoms with van der Waals surface area (Å²) in [6.45, 7) is 3.82. The molecule has 3 fully saturated rings. The molecule has 136 valence electrons. The van der Waals surface area contributed by atoms with Crippen molar-refractivity contribution in [2.75, 3.05) is 28.2 Å². The third-order valence-electron chi connectivity index (χ3n) is 6.53. The molecule has 1 N–H and O–H groups in total. The van der Waals surface area contributed by atoms with Gasteiger partial charge in [0.1, 0.15) is 17.9 Å². The Kier molecular flexibility index (Phi) is 2.62. The molecule has 1 saturated carbocycles. The minimum absolute atomic E-state index is 0.237. The minimum atomic E-state index is -0.895.